The molecule has 2 aromatic heterocycles. The highest BCUT2D eigenvalue weighted by atomic mass is 35.5. The normalized spacial score (nSPS) is 28.7. The molecule has 4 N–H and O–H groups in total. The number of fused-ring (bicyclic) bond motifs is 1. The van der Waals surface area contributed by atoms with Crippen LogP contribution in [0.15, 0.2) is 6.33 Å². The van der Waals surface area contributed by atoms with Gasteiger partial charge >= 0.3 is 0 Å². The van der Waals surface area contributed by atoms with Crippen LogP contribution in [0.1, 0.15) is 31.1 Å². The van der Waals surface area contributed by atoms with Gasteiger partial charge in [0.25, 0.3) is 0 Å². The number of aromatic nitrogens is 4. The molecular weight excluding hydrogens is 392 g/mol. The Morgan fingerprint density at radius 2 is 2.04 bits per heavy atom. The highest BCUT2D eigenvalue weighted by molar-refractivity contribution is 8.01. The van der Waals surface area contributed by atoms with Crippen LogP contribution in [0.2, 0.25) is 5.28 Å². The molecule has 27 heavy (non-hydrogen) atoms. The van der Waals surface area contributed by atoms with Crippen LogP contribution in [0, 0.1) is 0 Å². The molecule has 4 rings (SSSR count). The third kappa shape index (κ3) is 3.35. The Balaban J connectivity index is 1.68. The molecule has 1 aliphatic heterocycles. The fourth-order valence-electron chi connectivity index (χ4n) is 3.69. The summed E-state index contributed by atoms with van der Waals surface area (Å²) < 4.78 is 1.64. The third-order valence-corrected chi connectivity index (χ3v) is 6.85. The van der Waals surface area contributed by atoms with Crippen LogP contribution >= 0.6 is 23.4 Å². The molecule has 0 aromatic carbocycles. The molecule has 0 bridgehead atoms. The van der Waals surface area contributed by atoms with Gasteiger partial charge in [0.2, 0.25) is 11.2 Å². The van der Waals surface area contributed by atoms with Crippen LogP contribution in [0.3, 0.4) is 0 Å². The topological polar surface area (TPSA) is 125 Å². The fraction of sp³-hybridized carbons (Fsp3) is 0.625. The van der Waals surface area contributed by atoms with E-state index in [2.05, 4.69) is 25.6 Å². The number of thioether (sulfide) groups is 1. The second-order valence-electron chi connectivity index (χ2n) is 6.83. The lowest BCUT2D eigenvalue weighted by atomic mass is 10.1. The molecular formula is C16H21ClN6O3S. The zero-order valence-corrected chi connectivity index (χ0v) is 16.2. The van der Waals surface area contributed by atoms with Gasteiger partial charge in [0.1, 0.15) is 22.8 Å². The van der Waals surface area contributed by atoms with Crippen molar-refractivity contribution in [3.05, 3.63) is 11.6 Å². The van der Waals surface area contributed by atoms with Crippen molar-refractivity contribution in [3.63, 3.8) is 0 Å². The number of anilines is 1. The maximum absolute atomic E-state index is 12.0. The Morgan fingerprint density at radius 1 is 1.30 bits per heavy atom. The first-order chi connectivity index (χ1) is 13.0. The summed E-state index contributed by atoms with van der Waals surface area (Å²) in [6.07, 6.45) is 3.70. The zero-order valence-electron chi connectivity index (χ0n) is 14.7. The summed E-state index contributed by atoms with van der Waals surface area (Å²) in [7, 11) is 1.50. The van der Waals surface area contributed by atoms with E-state index in [9.17, 15) is 15.0 Å². The Kier molecular flexibility index (Phi) is 5.15. The average molecular weight is 413 g/mol. The van der Waals surface area contributed by atoms with Crippen LogP contribution in [-0.4, -0.2) is 66.2 Å². The van der Waals surface area contributed by atoms with E-state index in [1.807, 2.05) is 0 Å². The number of hydrogen-bond acceptors (Lipinski definition) is 8. The Bertz CT molecular complexity index is 858. The van der Waals surface area contributed by atoms with Crippen LogP contribution in [0.5, 0.6) is 0 Å². The van der Waals surface area contributed by atoms with Crippen molar-refractivity contribution in [1.29, 1.82) is 0 Å². The molecule has 0 radical (unpaired) electrons. The Labute approximate surface area is 164 Å². The molecule has 3 heterocycles. The van der Waals surface area contributed by atoms with Gasteiger partial charge in [0.15, 0.2) is 17.0 Å². The minimum Gasteiger partial charge on any atom is -0.389 e. The molecule has 9 nitrogen and oxygen atoms in total. The number of carbonyl (C=O) groups is 1. The van der Waals surface area contributed by atoms with Gasteiger partial charge in [-0.1, -0.05) is 12.8 Å². The lowest BCUT2D eigenvalue weighted by Gasteiger charge is -2.17. The number of amides is 1. The summed E-state index contributed by atoms with van der Waals surface area (Å²) in [5.74, 6) is 0.228. The quantitative estimate of drug-likeness (QED) is 0.546. The van der Waals surface area contributed by atoms with Gasteiger partial charge in [-0.05, 0) is 24.4 Å². The van der Waals surface area contributed by atoms with E-state index in [-0.39, 0.29) is 11.2 Å². The summed E-state index contributed by atoms with van der Waals surface area (Å²) >= 11 is 7.29. The van der Waals surface area contributed by atoms with Gasteiger partial charge < -0.3 is 20.8 Å². The van der Waals surface area contributed by atoms with Crippen LogP contribution in [0.4, 0.5) is 5.82 Å². The molecule has 4 atom stereocenters. The number of hydrogen-bond donors (Lipinski definition) is 4. The number of halogens is 1. The van der Waals surface area contributed by atoms with E-state index >= 15 is 0 Å². The fourth-order valence-corrected chi connectivity index (χ4v) is 5.32. The van der Waals surface area contributed by atoms with Crippen molar-refractivity contribution in [2.45, 2.75) is 54.6 Å². The minimum absolute atomic E-state index is 0.0747. The molecule has 146 valence electrons. The van der Waals surface area contributed by atoms with Gasteiger partial charge in [-0.25, -0.2) is 4.98 Å². The number of aliphatic hydroxyl groups is 2. The van der Waals surface area contributed by atoms with Gasteiger partial charge in [0.05, 0.1) is 6.33 Å². The van der Waals surface area contributed by atoms with E-state index in [1.165, 1.54) is 26.2 Å². The highest BCUT2D eigenvalue weighted by Crippen LogP contribution is 2.43. The smallest absolute Gasteiger partial charge is 0.235 e. The number of carbonyl (C=O) groups excluding carboxylic acids is 1. The Hall–Kier alpha value is -1.62. The third-order valence-electron chi connectivity index (χ3n) is 5.11. The van der Waals surface area contributed by atoms with Crippen LogP contribution < -0.4 is 10.6 Å². The van der Waals surface area contributed by atoms with Gasteiger partial charge in [-0.15, -0.1) is 11.8 Å². The summed E-state index contributed by atoms with van der Waals surface area (Å²) in [6.45, 7) is 0. The minimum atomic E-state index is -1.19. The van der Waals surface area contributed by atoms with Gasteiger partial charge in [0, 0.05) is 13.1 Å². The van der Waals surface area contributed by atoms with Crippen molar-refractivity contribution < 1.29 is 15.0 Å². The molecule has 1 amide bonds. The molecule has 2 aliphatic rings. The van der Waals surface area contributed by atoms with Crippen molar-refractivity contribution in [2.24, 2.45) is 0 Å². The van der Waals surface area contributed by atoms with E-state index in [0.29, 0.717) is 23.0 Å². The number of rotatable bonds is 4. The SMILES string of the molecule is CNC(=O)[C@H]1S[C@@H](n2cnc3c(NC4CCCC4)nc(Cl)nc32)C(O)C1O. The first kappa shape index (κ1) is 18.7. The van der Waals surface area contributed by atoms with E-state index < -0.39 is 22.8 Å². The van der Waals surface area contributed by atoms with Gasteiger partial charge in [-0.2, -0.15) is 9.97 Å². The molecule has 0 spiro atoms. The first-order valence-electron chi connectivity index (χ1n) is 8.89. The van der Waals surface area contributed by atoms with E-state index in [4.69, 9.17) is 11.6 Å². The maximum atomic E-state index is 12.0. The van der Waals surface area contributed by atoms with E-state index in [0.717, 1.165) is 24.6 Å². The molecule has 2 fully saturated rings. The number of nitrogens with one attached hydrogen (secondary N) is 2. The monoisotopic (exact) mass is 412 g/mol. The second-order valence-corrected chi connectivity index (χ2v) is 8.43. The van der Waals surface area contributed by atoms with Crippen molar-refractivity contribution in [2.75, 3.05) is 12.4 Å². The van der Waals surface area contributed by atoms with Gasteiger partial charge in [-0.3, -0.25) is 9.36 Å². The number of imidazole rings is 1. The highest BCUT2D eigenvalue weighted by Gasteiger charge is 2.47. The summed E-state index contributed by atoms with van der Waals surface area (Å²) in [5.41, 5.74) is 1.01. The molecule has 1 aliphatic carbocycles. The molecule has 2 aromatic rings. The average Bonchev–Trinajstić information content (AvgIpc) is 3.36. The summed E-state index contributed by atoms with van der Waals surface area (Å²) in [6, 6.07) is 0.329. The van der Waals surface area contributed by atoms with Crippen LogP contribution in [-0.2, 0) is 4.79 Å². The molecule has 1 saturated heterocycles. The zero-order chi connectivity index (χ0) is 19.1. The van der Waals surface area contributed by atoms with Crippen molar-refractivity contribution in [1.82, 2.24) is 24.8 Å². The Morgan fingerprint density at radius 3 is 2.74 bits per heavy atom. The predicted molar refractivity (Wildman–Crippen MR) is 103 cm³/mol. The maximum Gasteiger partial charge on any atom is 0.235 e. The number of aliphatic hydroxyl groups excluding tert-OH is 2. The lowest BCUT2D eigenvalue weighted by Crippen LogP contribution is -2.39. The number of nitrogens with zero attached hydrogens (tertiary/aromatic N) is 4. The van der Waals surface area contributed by atoms with Crippen molar-refractivity contribution >= 4 is 46.3 Å². The van der Waals surface area contributed by atoms with E-state index in [1.54, 1.807) is 4.57 Å². The van der Waals surface area contributed by atoms with Crippen LogP contribution in [0.25, 0.3) is 11.2 Å². The van der Waals surface area contributed by atoms with Crippen molar-refractivity contribution in [3.8, 4) is 0 Å². The first-order valence-corrected chi connectivity index (χ1v) is 10.2. The summed E-state index contributed by atoms with van der Waals surface area (Å²) in [4.78, 5) is 24.9. The molecule has 2 unspecified atom stereocenters. The predicted octanol–water partition coefficient (Wildman–Crippen LogP) is 0.916. The second kappa shape index (κ2) is 7.42. The lowest BCUT2D eigenvalue weighted by molar-refractivity contribution is -0.122. The molecule has 11 heteroatoms. The standard InChI is InChI=1S/C16H21ClN6O3S/c1-18-14(26)11-9(24)10(25)15(27-11)23-6-19-8-12(20-7-4-2-3-5-7)21-16(17)22-13(8)23/h6-7,9-11,15,24-25H,2-5H2,1H3,(H,18,26)(H,20,21,22)/t9?,10?,11-,15+/m0/s1. The molecule has 1 saturated carbocycles. The largest absolute Gasteiger partial charge is 0.389 e. The summed E-state index contributed by atoms with van der Waals surface area (Å²) in [5, 5.41) is 25.3.